The molecule has 0 atom stereocenters. The summed E-state index contributed by atoms with van der Waals surface area (Å²) >= 11 is 5.75. The first-order valence-electron chi connectivity index (χ1n) is 6.30. The molecule has 0 spiro atoms. The van der Waals surface area contributed by atoms with Crippen molar-refractivity contribution in [3.8, 4) is 11.5 Å². The average molecular weight is 326 g/mol. The first kappa shape index (κ1) is 17.4. The van der Waals surface area contributed by atoms with E-state index in [4.69, 9.17) is 16.3 Å². The first-order chi connectivity index (χ1) is 10.6. The summed E-state index contributed by atoms with van der Waals surface area (Å²) in [7, 11) is 1.42. The van der Waals surface area contributed by atoms with E-state index in [-0.39, 0.29) is 35.4 Å². The molecule has 112 valence electrons. The molecule has 3 rings (SSSR count). The Morgan fingerprint density at radius 3 is 2.70 bits per heavy atom. The van der Waals surface area contributed by atoms with E-state index in [9.17, 15) is 9.50 Å². The summed E-state index contributed by atoms with van der Waals surface area (Å²) in [6, 6.07) is 7.14. The molecule has 0 aliphatic rings. The molecule has 0 saturated carbocycles. The molecule has 1 heterocycles. The van der Waals surface area contributed by atoms with Gasteiger partial charge < -0.3 is 15.2 Å². The van der Waals surface area contributed by atoms with E-state index in [1.54, 1.807) is 6.07 Å². The first-order valence-corrected chi connectivity index (χ1v) is 6.68. The Bertz CT molecular complexity index is 863. The second-order valence-electron chi connectivity index (χ2n) is 4.50. The van der Waals surface area contributed by atoms with Crippen molar-refractivity contribution >= 4 is 34.0 Å². The summed E-state index contributed by atoms with van der Waals surface area (Å²) in [4.78, 5) is 8.22. The van der Waals surface area contributed by atoms with E-state index >= 15 is 0 Å². The van der Waals surface area contributed by atoms with Crippen LogP contribution in [0.15, 0.2) is 36.7 Å². The van der Waals surface area contributed by atoms with E-state index in [0.717, 1.165) is 0 Å². The number of hydrogen-bond donors (Lipinski definition) is 1. The van der Waals surface area contributed by atoms with Crippen LogP contribution in [0.1, 0.15) is 0 Å². The van der Waals surface area contributed by atoms with Gasteiger partial charge >= 0.3 is 18.9 Å². The fourth-order valence-electron chi connectivity index (χ4n) is 2.03. The number of anilines is 2. The van der Waals surface area contributed by atoms with Crippen LogP contribution in [0.4, 0.5) is 15.9 Å². The molecule has 8 heteroatoms. The monoisotopic (exact) mass is 325 g/mol. The van der Waals surface area contributed by atoms with Crippen molar-refractivity contribution in [2.75, 3.05) is 12.4 Å². The van der Waals surface area contributed by atoms with Crippen LogP contribution < -0.4 is 34.0 Å². The SMILES string of the molecule is COc1cc2ncnc(Nc3ccc(F)c(Cl)c3)c2cc1[O-].[Li+]. The van der Waals surface area contributed by atoms with Gasteiger partial charge in [-0.15, -0.1) is 0 Å². The van der Waals surface area contributed by atoms with Gasteiger partial charge in [0.1, 0.15) is 23.7 Å². The fraction of sp³-hybridized carbons (Fsp3) is 0.0667. The molecule has 0 aliphatic heterocycles. The maximum absolute atomic E-state index is 13.2. The van der Waals surface area contributed by atoms with Crippen LogP contribution in [0.5, 0.6) is 11.5 Å². The van der Waals surface area contributed by atoms with Crippen LogP contribution in [0.3, 0.4) is 0 Å². The van der Waals surface area contributed by atoms with E-state index < -0.39 is 5.82 Å². The van der Waals surface area contributed by atoms with Gasteiger partial charge in [-0.1, -0.05) is 23.4 Å². The number of ether oxygens (including phenoxy) is 1. The third-order valence-electron chi connectivity index (χ3n) is 3.10. The number of hydrogen-bond acceptors (Lipinski definition) is 5. The summed E-state index contributed by atoms with van der Waals surface area (Å²) in [5.74, 6) is -0.147. The smallest absolute Gasteiger partial charge is 0.870 e. The van der Waals surface area contributed by atoms with Crippen molar-refractivity contribution in [2.24, 2.45) is 0 Å². The van der Waals surface area contributed by atoms with Gasteiger partial charge in [0.25, 0.3) is 0 Å². The molecule has 0 aliphatic carbocycles. The second-order valence-corrected chi connectivity index (χ2v) is 4.90. The molecular formula is C15H10ClFLiN3O2. The number of nitrogens with one attached hydrogen (secondary N) is 1. The molecule has 23 heavy (non-hydrogen) atoms. The minimum Gasteiger partial charge on any atom is -0.870 e. The van der Waals surface area contributed by atoms with Crippen molar-refractivity contribution in [2.45, 2.75) is 0 Å². The van der Waals surface area contributed by atoms with E-state index in [1.165, 1.54) is 37.7 Å². The number of benzene rings is 2. The number of methoxy groups -OCH3 is 1. The number of halogens is 2. The van der Waals surface area contributed by atoms with Crippen molar-refractivity contribution in [3.05, 3.63) is 47.5 Å². The Kier molecular flexibility index (Phi) is 5.32. The van der Waals surface area contributed by atoms with Crippen LogP contribution in [-0.2, 0) is 0 Å². The largest absolute Gasteiger partial charge is 1.00 e. The van der Waals surface area contributed by atoms with Gasteiger partial charge in [0.2, 0.25) is 0 Å². The van der Waals surface area contributed by atoms with Crippen LogP contribution in [0, 0.1) is 5.82 Å². The third-order valence-corrected chi connectivity index (χ3v) is 3.39. The third kappa shape index (κ3) is 3.50. The molecule has 0 fully saturated rings. The summed E-state index contributed by atoms with van der Waals surface area (Å²) in [5, 5.41) is 15.4. The Balaban J connectivity index is 0.00000192. The number of rotatable bonds is 3. The van der Waals surface area contributed by atoms with Crippen molar-refractivity contribution < 1.29 is 33.1 Å². The predicted octanol–water partition coefficient (Wildman–Crippen LogP) is 0.252. The van der Waals surface area contributed by atoms with E-state index in [1.807, 2.05) is 0 Å². The quantitative estimate of drug-likeness (QED) is 0.699. The second kappa shape index (κ2) is 7.05. The molecule has 0 radical (unpaired) electrons. The van der Waals surface area contributed by atoms with Gasteiger partial charge in [0, 0.05) is 17.1 Å². The van der Waals surface area contributed by atoms with Gasteiger partial charge in [0.15, 0.2) is 0 Å². The van der Waals surface area contributed by atoms with Crippen LogP contribution >= 0.6 is 11.6 Å². The van der Waals surface area contributed by atoms with Gasteiger partial charge in [-0.05, 0) is 18.2 Å². The van der Waals surface area contributed by atoms with E-state index in [2.05, 4.69) is 15.3 Å². The number of nitrogens with zero attached hydrogens (tertiary/aromatic N) is 2. The van der Waals surface area contributed by atoms with Gasteiger partial charge in [-0.3, -0.25) is 0 Å². The fourth-order valence-corrected chi connectivity index (χ4v) is 2.21. The predicted molar refractivity (Wildman–Crippen MR) is 80.2 cm³/mol. The summed E-state index contributed by atoms with van der Waals surface area (Å²) < 4.78 is 18.2. The summed E-state index contributed by atoms with van der Waals surface area (Å²) in [5.41, 5.74) is 1.11. The van der Waals surface area contributed by atoms with Crippen LogP contribution in [0.2, 0.25) is 5.02 Å². The number of fused-ring (bicyclic) bond motifs is 1. The summed E-state index contributed by atoms with van der Waals surface area (Å²) in [6.07, 6.45) is 1.36. The van der Waals surface area contributed by atoms with Gasteiger partial charge in [-0.2, -0.15) is 0 Å². The maximum Gasteiger partial charge on any atom is 1.00 e. The topological polar surface area (TPSA) is 70.1 Å². The minimum atomic E-state index is -0.508. The molecule has 0 bridgehead atoms. The van der Waals surface area contributed by atoms with Crippen LogP contribution in [-0.4, -0.2) is 17.1 Å². The Morgan fingerprint density at radius 1 is 1.22 bits per heavy atom. The standard InChI is InChI=1S/C15H11ClFN3O2.Li/c1-22-14-6-12-9(5-13(14)21)15(19-7-18-12)20-8-2-3-11(17)10(16)4-8;/h2-7,21H,1H3,(H,18,19,20);/q;+1/p-1. The zero-order valence-corrected chi connectivity index (χ0v) is 13.2. The molecular weight excluding hydrogens is 316 g/mol. The Morgan fingerprint density at radius 2 is 2.00 bits per heavy atom. The molecule has 1 aromatic heterocycles. The molecule has 1 N–H and O–H groups in total. The molecule has 0 saturated heterocycles. The maximum atomic E-state index is 13.2. The molecule has 2 aromatic carbocycles. The molecule has 5 nitrogen and oxygen atoms in total. The number of aromatic nitrogens is 2. The van der Waals surface area contributed by atoms with Crippen molar-refractivity contribution in [1.82, 2.24) is 9.97 Å². The molecule has 0 amide bonds. The van der Waals surface area contributed by atoms with Gasteiger partial charge in [-0.25, -0.2) is 14.4 Å². The zero-order chi connectivity index (χ0) is 15.7. The normalized spacial score (nSPS) is 10.2. The Hall–Kier alpha value is -2.00. The zero-order valence-electron chi connectivity index (χ0n) is 12.4. The van der Waals surface area contributed by atoms with Crippen molar-refractivity contribution in [1.29, 1.82) is 0 Å². The van der Waals surface area contributed by atoms with Crippen molar-refractivity contribution in [3.63, 3.8) is 0 Å². The van der Waals surface area contributed by atoms with Crippen LogP contribution in [0.25, 0.3) is 10.9 Å². The summed E-state index contributed by atoms with van der Waals surface area (Å²) in [6.45, 7) is 0. The molecule has 3 aromatic rings. The minimum absolute atomic E-state index is 0. The Labute approximate surface area is 148 Å². The average Bonchev–Trinajstić information content (AvgIpc) is 2.51. The van der Waals surface area contributed by atoms with E-state index in [0.29, 0.717) is 22.4 Å². The molecule has 0 unspecified atom stereocenters. The van der Waals surface area contributed by atoms with Gasteiger partial charge in [0.05, 0.1) is 17.6 Å².